The number of nitrogens with zero attached hydrogens (tertiary/aromatic N) is 1. The van der Waals surface area contributed by atoms with E-state index in [0.717, 1.165) is 0 Å². The summed E-state index contributed by atoms with van der Waals surface area (Å²) in [7, 11) is 2.00. The first-order valence-electron chi connectivity index (χ1n) is 3.82. The fourth-order valence-electron chi connectivity index (χ4n) is 0.777. The lowest BCUT2D eigenvalue weighted by molar-refractivity contribution is -0.758. The van der Waals surface area contributed by atoms with Crippen LogP contribution in [0.15, 0.2) is 0 Å². The van der Waals surface area contributed by atoms with E-state index in [9.17, 15) is 14.9 Å². The molecule has 2 atom stereocenters. The molecular formula is C6H12NO6P. The summed E-state index contributed by atoms with van der Waals surface area (Å²) in [5.74, 6) is -0.460. The molecule has 82 valence electrons. The summed E-state index contributed by atoms with van der Waals surface area (Å²) >= 11 is 0. The van der Waals surface area contributed by atoms with E-state index in [-0.39, 0.29) is 19.6 Å². The third kappa shape index (κ3) is 7.70. The Hall–Kier alpha value is -0.940. The molecule has 0 radical (unpaired) electrons. The summed E-state index contributed by atoms with van der Waals surface area (Å²) in [6.45, 7) is 1.29. The number of ether oxygens (including phenoxy) is 1. The maximum atomic E-state index is 10.6. The summed E-state index contributed by atoms with van der Waals surface area (Å²) in [4.78, 5) is 24.4. The molecule has 0 saturated heterocycles. The molecule has 0 heterocycles. The Bertz CT molecular complexity index is 199. The van der Waals surface area contributed by atoms with E-state index >= 15 is 0 Å². The van der Waals surface area contributed by atoms with Crippen molar-refractivity contribution < 1.29 is 24.0 Å². The Morgan fingerprint density at radius 2 is 2.29 bits per heavy atom. The molecule has 0 amide bonds. The van der Waals surface area contributed by atoms with Gasteiger partial charge < -0.3 is 14.1 Å². The van der Waals surface area contributed by atoms with Gasteiger partial charge in [0, 0.05) is 22.8 Å². The fourth-order valence-corrected chi connectivity index (χ4v) is 0.992. The maximum absolute atomic E-state index is 10.6. The minimum absolute atomic E-state index is 0.126. The summed E-state index contributed by atoms with van der Waals surface area (Å²) in [6.07, 6.45) is -0.306. The van der Waals surface area contributed by atoms with Crippen LogP contribution in [-0.2, 0) is 18.9 Å². The number of carbonyl (C=O) groups is 1. The van der Waals surface area contributed by atoms with Gasteiger partial charge in [0.25, 0.3) is 5.09 Å². The van der Waals surface area contributed by atoms with Crippen LogP contribution in [0.1, 0.15) is 13.3 Å². The molecule has 0 N–H and O–H groups in total. The van der Waals surface area contributed by atoms with E-state index < -0.39 is 17.2 Å². The maximum Gasteiger partial charge on any atom is 0.302 e. The van der Waals surface area contributed by atoms with Gasteiger partial charge >= 0.3 is 5.97 Å². The molecule has 14 heavy (non-hydrogen) atoms. The van der Waals surface area contributed by atoms with Crippen molar-refractivity contribution in [2.24, 2.45) is 0 Å². The van der Waals surface area contributed by atoms with Gasteiger partial charge in [-0.25, -0.2) is 0 Å². The number of carbonyl (C=O) groups excluding carboxylic acids is 1. The van der Waals surface area contributed by atoms with Crippen molar-refractivity contribution >= 4 is 15.4 Å². The van der Waals surface area contributed by atoms with Crippen LogP contribution >= 0.6 is 9.47 Å². The first kappa shape index (κ1) is 13.1. The average molecular weight is 225 g/mol. The van der Waals surface area contributed by atoms with Crippen molar-refractivity contribution in [2.45, 2.75) is 19.4 Å². The van der Waals surface area contributed by atoms with E-state index in [1.807, 2.05) is 9.47 Å². The van der Waals surface area contributed by atoms with Gasteiger partial charge in [0.15, 0.2) is 0 Å². The molecule has 2 unspecified atom stereocenters. The minimum Gasteiger partial charge on any atom is -0.460 e. The molecule has 0 aliphatic carbocycles. The first-order chi connectivity index (χ1) is 6.56. The van der Waals surface area contributed by atoms with Crippen LogP contribution in [0.3, 0.4) is 0 Å². The molecule has 0 aliphatic heterocycles. The molecule has 0 aromatic rings. The van der Waals surface area contributed by atoms with Gasteiger partial charge in [0.2, 0.25) is 0 Å². The van der Waals surface area contributed by atoms with Gasteiger partial charge in [0.05, 0.1) is 6.61 Å². The third-order valence-electron chi connectivity index (χ3n) is 1.25. The summed E-state index contributed by atoms with van der Waals surface area (Å²) in [6, 6.07) is 0. The van der Waals surface area contributed by atoms with Gasteiger partial charge in [-0.15, -0.1) is 10.1 Å². The predicted octanol–water partition coefficient (Wildman–Crippen LogP) is 0.323. The Morgan fingerprint density at radius 1 is 1.64 bits per heavy atom. The van der Waals surface area contributed by atoms with Gasteiger partial charge in [-0.1, -0.05) is 0 Å². The topological polar surface area (TPSA) is 87.9 Å². The number of rotatable bonds is 7. The Balaban J connectivity index is 3.72. The van der Waals surface area contributed by atoms with E-state index in [0.29, 0.717) is 0 Å². The lowest BCUT2D eigenvalue weighted by Crippen LogP contribution is -2.23. The summed E-state index contributed by atoms with van der Waals surface area (Å²) < 4.78 is 9.47. The minimum atomic E-state index is -0.896. The van der Waals surface area contributed by atoms with Crippen LogP contribution in [-0.4, -0.2) is 30.4 Å². The molecule has 0 fully saturated rings. The molecule has 8 heteroatoms. The van der Waals surface area contributed by atoms with Crippen LogP contribution < -0.4 is 0 Å². The van der Waals surface area contributed by atoms with Crippen LogP contribution in [0.4, 0.5) is 0 Å². The zero-order valence-electron chi connectivity index (χ0n) is 7.67. The zero-order chi connectivity index (χ0) is 11.0. The second kappa shape index (κ2) is 7.46. The first-order valence-corrected chi connectivity index (χ1v) is 4.29. The van der Waals surface area contributed by atoms with Crippen molar-refractivity contribution in [3.63, 3.8) is 0 Å². The quantitative estimate of drug-likeness (QED) is 0.268. The molecule has 0 rings (SSSR count). The normalized spacial score (nSPS) is 11.9. The largest absolute Gasteiger partial charge is 0.460 e. The van der Waals surface area contributed by atoms with Gasteiger partial charge in [-0.05, 0) is 0 Å². The highest BCUT2D eigenvalue weighted by molar-refractivity contribution is 7.09. The van der Waals surface area contributed by atoms with E-state index in [2.05, 4.69) is 9.36 Å². The number of hydrogen-bond acceptors (Lipinski definition) is 6. The van der Waals surface area contributed by atoms with E-state index in [1.54, 1.807) is 0 Å². The van der Waals surface area contributed by atoms with Gasteiger partial charge in [0.1, 0.15) is 12.7 Å². The third-order valence-corrected chi connectivity index (χ3v) is 1.44. The van der Waals surface area contributed by atoms with Crippen molar-refractivity contribution in [3.8, 4) is 0 Å². The fraction of sp³-hybridized carbons (Fsp3) is 0.833. The molecule has 7 nitrogen and oxygen atoms in total. The average Bonchev–Trinajstić information content (AvgIpc) is 2.02. The standard InChI is InChI=1S/C6H12NO6P/c1-5(8)13-6(4-12-14)2-3-11-7(9)10/h6H,2-4,14H2,1H3. The smallest absolute Gasteiger partial charge is 0.302 e. The summed E-state index contributed by atoms with van der Waals surface area (Å²) in [5, 5.41) is 8.90. The van der Waals surface area contributed by atoms with E-state index in [1.165, 1.54) is 6.92 Å². The van der Waals surface area contributed by atoms with Gasteiger partial charge in [-0.2, -0.15) is 0 Å². The van der Waals surface area contributed by atoms with E-state index in [4.69, 9.17) is 4.74 Å². The second-order valence-corrected chi connectivity index (χ2v) is 2.74. The van der Waals surface area contributed by atoms with Crippen molar-refractivity contribution in [3.05, 3.63) is 10.1 Å². The number of esters is 1. The predicted molar refractivity (Wildman–Crippen MR) is 48.8 cm³/mol. The molecule has 0 aliphatic rings. The Morgan fingerprint density at radius 3 is 2.71 bits per heavy atom. The molecule has 0 aromatic carbocycles. The lowest BCUT2D eigenvalue weighted by atomic mass is 10.3. The van der Waals surface area contributed by atoms with Crippen LogP contribution in [0.2, 0.25) is 0 Å². The highest BCUT2D eigenvalue weighted by atomic mass is 31.0. The van der Waals surface area contributed by atoms with Crippen molar-refractivity contribution in [1.82, 2.24) is 0 Å². The van der Waals surface area contributed by atoms with Crippen LogP contribution in [0.5, 0.6) is 0 Å². The number of hydrogen-bond donors (Lipinski definition) is 0. The lowest BCUT2D eigenvalue weighted by Gasteiger charge is -2.14. The van der Waals surface area contributed by atoms with Crippen LogP contribution in [0.25, 0.3) is 0 Å². The van der Waals surface area contributed by atoms with Crippen molar-refractivity contribution in [1.29, 1.82) is 0 Å². The Labute approximate surface area is 83.1 Å². The zero-order valence-corrected chi connectivity index (χ0v) is 8.83. The molecule has 0 aromatic heterocycles. The Kier molecular flexibility index (Phi) is 6.96. The monoisotopic (exact) mass is 225 g/mol. The second-order valence-electron chi connectivity index (χ2n) is 2.41. The molecule has 0 saturated carbocycles. The molecule has 0 bridgehead atoms. The highest BCUT2D eigenvalue weighted by Gasteiger charge is 2.12. The summed E-state index contributed by atoms with van der Waals surface area (Å²) in [5.41, 5.74) is 0. The molecule has 0 spiro atoms. The highest BCUT2D eigenvalue weighted by Crippen LogP contribution is 2.03. The SMILES string of the molecule is CC(=O)OC(CCO[N+](=O)[O-])COP. The van der Waals surface area contributed by atoms with Crippen LogP contribution in [0, 0.1) is 10.1 Å². The molecular weight excluding hydrogens is 213 g/mol. The van der Waals surface area contributed by atoms with Gasteiger partial charge in [-0.3, -0.25) is 4.79 Å². The van der Waals surface area contributed by atoms with Crippen molar-refractivity contribution in [2.75, 3.05) is 13.2 Å².